The highest BCUT2D eigenvalue weighted by molar-refractivity contribution is 6.32. The van der Waals surface area contributed by atoms with E-state index in [2.05, 4.69) is 13.8 Å². The molecule has 0 aromatic heterocycles. The zero-order chi connectivity index (χ0) is 12.8. The zero-order valence-electron chi connectivity index (χ0n) is 10.4. The second kappa shape index (κ2) is 4.25. The molecule has 0 saturated heterocycles. The normalized spacial score (nSPS) is 21.2. The Kier molecular flexibility index (Phi) is 3.21. The first kappa shape index (κ1) is 12.8. The van der Waals surface area contributed by atoms with Gasteiger partial charge in [0.25, 0.3) is 0 Å². The van der Waals surface area contributed by atoms with Crippen LogP contribution in [0.15, 0.2) is 6.07 Å². The van der Waals surface area contributed by atoms with Crippen LogP contribution >= 0.6 is 23.2 Å². The Labute approximate surface area is 112 Å². The molecule has 0 spiro atoms. The van der Waals surface area contributed by atoms with E-state index in [-0.39, 0.29) is 10.8 Å². The molecule has 0 amide bonds. The van der Waals surface area contributed by atoms with Crippen molar-refractivity contribution in [2.45, 2.75) is 31.1 Å². The molecule has 2 nitrogen and oxygen atoms in total. The summed E-state index contributed by atoms with van der Waals surface area (Å²) >= 11 is 12.8. The van der Waals surface area contributed by atoms with Gasteiger partial charge in [0.1, 0.15) is 0 Å². The molecule has 94 valence electrons. The fraction of sp³-hybridized carbons (Fsp3) is 0.538. The fourth-order valence-electron chi connectivity index (χ4n) is 2.63. The molecule has 0 radical (unpaired) electrons. The van der Waals surface area contributed by atoms with Crippen molar-refractivity contribution in [1.29, 1.82) is 0 Å². The molecule has 1 atom stereocenters. The predicted octanol–water partition coefficient (Wildman–Crippen LogP) is 4.32. The third kappa shape index (κ3) is 1.88. The smallest absolute Gasteiger partial charge is 0.165 e. The Morgan fingerprint density at radius 1 is 1.29 bits per heavy atom. The van der Waals surface area contributed by atoms with Crippen LogP contribution in [0.2, 0.25) is 5.02 Å². The molecule has 0 heterocycles. The molecule has 1 unspecified atom stereocenters. The van der Waals surface area contributed by atoms with Crippen LogP contribution in [0.5, 0.6) is 11.5 Å². The van der Waals surface area contributed by atoms with Crippen LogP contribution < -0.4 is 9.47 Å². The average Bonchev–Trinajstić information content (AvgIpc) is 2.49. The first-order valence-corrected chi connectivity index (χ1v) is 6.32. The summed E-state index contributed by atoms with van der Waals surface area (Å²) < 4.78 is 10.7. The van der Waals surface area contributed by atoms with Crippen LogP contribution in [-0.2, 0) is 5.41 Å². The highest BCUT2D eigenvalue weighted by atomic mass is 35.5. The Morgan fingerprint density at radius 2 is 1.94 bits per heavy atom. The van der Waals surface area contributed by atoms with Gasteiger partial charge in [0.2, 0.25) is 0 Å². The minimum Gasteiger partial charge on any atom is -0.493 e. The standard InChI is InChI=1S/C13H16Cl2O2/c1-13(2)6-8(15)10-11(13)7(14)5-9(16-3)12(10)17-4/h5,8H,6H2,1-4H3. The van der Waals surface area contributed by atoms with E-state index in [9.17, 15) is 0 Å². The molecule has 2 rings (SSSR count). The second-order valence-corrected chi connectivity index (χ2v) is 5.87. The highest BCUT2D eigenvalue weighted by Crippen LogP contribution is 2.56. The predicted molar refractivity (Wildman–Crippen MR) is 70.8 cm³/mol. The number of methoxy groups -OCH3 is 2. The summed E-state index contributed by atoms with van der Waals surface area (Å²) in [6.45, 7) is 4.29. The van der Waals surface area contributed by atoms with Crippen molar-refractivity contribution in [3.05, 3.63) is 22.2 Å². The van der Waals surface area contributed by atoms with Gasteiger partial charge in [0.15, 0.2) is 11.5 Å². The molecular formula is C13H16Cl2O2. The lowest BCUT2D eigenvalue weighted by Crippen LogP contribution is -2.13. The van der Waals surface area contributed by atoms with Crippen LogP contribution in [0.3, 0.4) is 0 Å². The van der Waals surface area contributed by atoms with Gasteiger partial charge < -0.3 is 9.47 Å². The van der Waals surface area contributed by atoms with Crippen molar-refractivity contribution in [1.82, 2.24) is 0 Å². The molecule has 0 saturated carbocycles. The molecule has 0 fully saturated rings. The monoisotopic (exact) mass is 274 g/mol. The summed E-state index contributed by atoms with van der Waals surface area (Å²) in [5, 5.41) is 0.619. The van der Waals surface area contributed by atoms with Crippen LogP contribution in [0.1, 0.15) is 36.8 Å². The summed E-state index contributed by atoms with van der Waals surface area (Å²) in [6, 6.07) is 1.80. The van der Waals surface area contributed by atoms with Gasteiger partial charge in [0.05, 0.1) is 19.6 Å². The number of hydrogen-bond donors (Lipinski definition) is 0. The second-order valence-electron chi connectivity index (χ2n) is 4.94. The summed E-state index contributed by atoms with van der Waals surface area (Å²) in [6.07, 6.45) is 0.854. The highest BCUT2D eigenvalue weighted by Gasteiger charge is 2.41. The minimum absolute atomic E-state index is 0.0294. The quantitative estimate of drug-likeness (QED) is 0.748. The number of ether oxygens (including phenoxy) is 2. The first-order chi connectivity index (χ1) is 7.92. The van der Waals surface area contributed by atoms with E-state index in [0.29, 0.717) is 16.5 Å². The number of hydrogen-bond acceptors (Lipinski definition) is 2. The third-order valence-electron chi connectivity index (χ3n) is 3.34. The van der Waals surface area contributed by atoms with Crippen LogP contribution in [0, 0.1) is 0 Å². The van der Waals surface area contributed by atoms with Gasteiger partial charge in [-0.25, -0.2) is 0 Å². The number of fused-ring (bicyclic) bond motifs is 1. The molecule has 1 aliphatic rings. The lowest BCUT2D eigenvalue weighted by Gasteiger charge is -2.21. The molecule has 1 aliphatic carbocycles. The van der Waals surface area contributed by atoms with E-state index in [1.54, 1.807) is 20.3 Å². The SMILES string of the molecule is COc1cc(Cl)c2c(c1OC)C(Cl)CC2(C)C. The lowest BCUT2D eigenvalue weighted by atomic mass is 9.86. The van der Waals surface area contributed by atoms with Gasteiger partial charge in [0, 0.05) is 16.7 Å². The molecular weight excluding hydrogens is 259 g/mol. The van der Waals surface area contributed by atoms with Gasteiger partial charge in [-0.05, 0) is 17.4 Å². The summed E-state index contributed by atoms with van der Waals surface area (Å²) in [5.41, 5.74) is 2.03. The van der Waals surface area contributed by atoms with Crippen LogP contribution in [0.4, 0.5) is 0 Å². The molecule has 0 bridgehead atoms. The fourth-order valence-corrected chi connectivity index (χ4v) is 3.68. The third-order valence-corrected chi connectivity index (χ3v) is 4.01. The largest absolute Gasteiger partial charge is 0.493 e. The van der Waals surface area contributed by atoms with E-state index >= 15 is 0 Å². The van der Waals surface area contributed by atoms with Crippen molar-refractivity contribution in [2.75, 3.05) is 14.2 Å². The molecule has 1 aromatic rings. The molecule has 0 aliphatic heterocycles. The Hall–Kier alpha value is -0.600. The van der Waals surface area contributed by atoms with Gasteiger partial charge >= 0.3 is 0 Å². The minimum atomic E-state index is -0.0810. The molecule has 17 heavy (non-hydrogen) atoms. The maximum Gasteiger partial charge on any atom is 0.165 e. The number of halogens is 2. The number of benzene rings is 1. The van der Waals surface area contributed by atoms with E-state index in [4.69, 9.17) is 32.7 Å². The summed E-state index contributed by atoms with van der Waals surface area (Å²) in [4.78, 5) is 0. The van der Waals surface area contributed by atoms with Crippen molar-refractivity contribution < 1.29 is 9.47 Å². The molecule has 0 N–H and O–H groups in total. The van der Waals surface area contributed by atoms with Crippen molar-refractivity contribution in [3.8, 4) is 11.5 Å². The van der Waals surface area contributed by atoms with E-state index in [0.717, 1.165) is 17.5 Å². The molecule has 4 heteroatoms. The maximum atomic E-state index is 6.42. The summed E-state index contributed by atoms with van der Waals surface area (Å²) in [5.74, 6) is 1.34. The van der Waals surface area contributed by atoms with Crippen LogP contribution in [-0.4, -0.2) is 14.2 Å². The zero-order valence-corrected chi connectivity index (χ0v) is 11.9. The maximum absolute atomic E-state index is 6.42. The number of rotatable bonds is 2. The van der Waals surface area contributed by atoms with E-state index < -0.39 is 0 Å². The Morgan fingerprint density at radius 3 is 2.47 bits per heavy atom. The Balaban J connectivity index is 2.76. The number of alkyl halides is 1. The van der Waals surface area contributed by atoms with E-state index in [1.807, 2.05) is 0 Å². The molecule has 1 aromatic carbocycles. The summed E-state index contributed by atoms with van der Waals surface area (Å²) in [7, 11) is 3.23. The van der Waals surface area contributed by atoms with Gasteiger partial charge in [-0.2, -0.15) is 0 Å². The van der Waals surface area contributed by atoms with Crippen molar-refractivity contribution >= 4 is 23.2 Å². The van der Waals surface area contributed by atoms with Crippen molar-refractivity contribution in [3.63, 3.8) is 0 Å². The van der Waals surface area contributed by atoms with Gasteiger partial charge in [-0.3, -0.25) is 0 Å². The van der Waals surface area contributed by atoms with Crippen molar-refractivity contribution in [2.24, 2.45) is 0 Å². The van der Waals surface area contributed by atoms with E-state index in [1.165, 1.54) is 0 Å². The van der Waals surface area contributed by atoms with Crippen LogP contribution in [0.25, 0.3) is 0 Å². The van der Waals surface area contributed by atoms with Gasteiger partial charge in [-0.1, -0.05) is 25.4 Å². The Bertz CT molecular complexity index is 455. The average molecular weight is 275 g/mol. The topological polar surface area (TPSA) is 18.5 Å². The lowest BCUT2D eigenvalue weighted by molar-refractivity contribution is 0.352. The van der Waals surface area contributed by atoms with Gasteiger partial charge in [-0.15, -0.1) is 11.6 Å². The first-order valence-electron chi connectivity index (χ1n) is 5.51.